The van der Waals surface area contributed by atoms with Crippen LogP contribution in [0.4, 0.5) is 10.3 Å². The van der Waals surface area contributed by atoms with Crippen molar-refractivity contribution in [2.75, 3.05) is 5.32 Å². The molecule has 70 valence electrons. The summed E-state index contributed by atoms with van der Waals surface area (Å²) < 4.78 is 12.4. The lowest BCUT2D eigenvalue weighted by Crippen LogP contribution is -2.18. The number of rotatable bonds is 3. The Bertz CT molecular complexity index is 281. The first-order chi connectivity index (χ1) is 6.25. The minimum Gasteiger partial charge on any atom is -0.351 e. The van der Waals surface area contributed by atoms with E-state index in [-0.39, 0.29) is 0 Å². The van der Waals surface area contributed by atoms with Gasteiger partial charge in [0.25, 0.3) is 0 Å². The van der Waals surface area contributed by atoms with Gasteiger partial charge in [-0.2, -0.15) is 0 Å². The minimum atomic E-state index is -0.398. The second-order valence-electron chi connectivity index (χ2n) is 3.50. The smallest absolute Gasteiger partial charge is 0.222 e. The first-order valence-corrected chi connectivity index (χ1v) is 4.50. The average molecular weight is 181 g/mol. The number of halogens is 1. The highest BCUT2D eigenvalue weighted by Gasteiger charge is 2.28. The molecule has 1 aromatic heterocycles. The molecule has 1 aromatic rings. The molecule has 1 aliphatic rings. The van der Waals surface area contributed by atoms with Gasteiger partial charge in [0.05, 0.1) is 12.4 Å². The number of aromatic nitrogens is 2. The zero-order valence-corrected chi connectivity index (χ0v) is 7.50. The van der Waals surface area contributed by atoms with Crippen molar-refractivity contribution in [2.45, 2.75) is 25.8 Å². The van der Waals surface area contributed by atoms with Gasteiger partial charge in [0.1, 0.15) is 0 Å². The third kappa shape index (κ3) is 2.14. The third-order valence-electron chi connectivity index (χ3n) is 2.31. The largest absolute Gasteiger partial charge is 0.351 e. The zero-order valence-electron chi connectivity index (χ0n) is 7.50. The Morgan fingerprint density at radius 3 is 2.62 bits per heavy atom. The van der Waals surface area contributed by atoms with Gasteiger partial charge in [-0.05, 0) is 25.7 Å². The lowest BCUT2D eigenvalue weighted by molar-refractivity contribution is 0.611. The summed E-state index contributed by atoms with van der Waals surface area (Å²) in [6.07, 6.45) is 4.90. The van der Waals surface area contributed by atoms with E-state index < -0.39 is 5.82 Å². The van der Waals surface area contributed by atoms with Crippen molar-refractivity contribution in [1.82, 2.24) is 9.97 Å². The van der Waals surface area contributed by atoms with Crippen LogP contribution in [0.15, 0.2) is 12.4 Å². The number of hydrogen-bond donors (Lipinski definition) is 1. The van der Waals surface area contributed by atoms with Crippen molar-refractivity contribution in [3.63, 3.8) is 0 Å². The summed E-state index contributed by atoms with van der Waals surface area (Å²) in [7, 11) is 0. The summed E-state index contributed by atoms with van der Waals surface area (Å²) in [4.78, 5) is 7.66. The van der Waals surface area contributed by atoms with Crippen LogP contribution in [0.5, 0.6) is 0 Å². The normalized spacial score (nSPS) is 18.3. The molecule has 13 heavy (non-hydrogen) atoms. The fraction of sp³-hybridized carbons (Fsp3) is 0.556. The van der Waals surface area contributed by atoms with Crippen LogP contribution >= 0.6 is 0 Å². The van der Waals surface area contributed by atoms with Crippen molar-refractivity contribution < 1.29 is 4.39 Å². The van der Waals surface area contributed by atoms with Crippen LogP contribution in [-0.2, 0) is 0 Å². The predicted molar refractivity (Wildman–Crippen MR) is 47.8 cm³/mol. The standard InChI is InChI=1S/C9H12FN3/c1-6(7-2-3-7)13-9-11-4-8(10)5-12-9/h4-7H,2-3H2,1H3,(H,11,12,13). The number of anilines is 1. The van der Waals surface area contributed by atoms with Crippen molar-refractivity contribution in [2.24, 2.45) is 5.92 Å². The molecule has 1 aliphatic carbocycles. The van der Waals surface area contributed by atoms with E-state index in [4.69, 9.17) is 0 Å². The van der Waals surface area contributed by atoms with E-state index in [0.717, 1.165) is 5.92 Å². The highest BCUT2D eigenvalue weighted by atomic mass is 19.1. The second-order valence-corrected chi connectivity index (χ2v) is 3.50. The van der Waals surface area contributed by atoms with Gasteiger partial charge in [-0.3, -0.25) is 0 Å². The summed E-state index contributed by atoms with van der Waals surface area (Å²) in [6.45, 7) is 2.10. The van der Waals surface area contributed by atoms with E-state index in [1.807, 2.05) is 0 Å². The monoisotopic (exact) mass is 181 g/mol. The molecule has 0 aliphatic heterocycles. The molecule has 4 heteroatoms. The maximum atomic E-state index is 12.4. The molecule has 0 amide bonds. The fourth-order valence-electron chi connectivity index (χ4n) is 1.30. The maximum absolute atomic E-state index is 12.4. The molecule has 1 unspecified atom stereocenters. The molecule has 1 saturated carbocycles. The van der Waals surface area contributed by atoms with Gasteiger partial charge in [-0.25, -0.2) is 14.4 Å². The number of nitrogens with zero attached hydrogens (tertiary/aromatic N) is 2. The Morgan fingerprint density at radius 1 is 1.46 bits per heavy atom. The molecule has 1 N–H and O–H groups in total. The summed E-state index contributed by atoms with van der Waals surface area (Å²) in [5.74, 6) is 0.860. The maximum Gasteiger partial charge on any atom is 0.222 e. The Kier molecular flexibility index (Phi) is 2.12. The molecule has 0 spiro atoms. The SMILES string of the molecule is CC(Nc1ncc(F)cn1)C1CC1. The van der Waals surface area contributed by atoms with Gasteiger partial charge in [-0.1, -0.05) is 0 Å². The predicted octanol–water partition coefficient (Wildman–Crippen LogP) is 1.83. The van der Waals surface area contributed by atoms with Crippen molar-refractivity contribution in [3.8, 4) is 0 Å². The van der Waals surface area contributed by atoms with E-state index in [0.29, 0.717) is 12.0 Å². The van der Waals surface area contributed by atoms with Crippen LogP contribution in [0.2, 0.25) is 0 Å². The molecule has 0 radical (unpaired) electrons. The summed E-state index contributed by atoms with van der Waals surface area (Å²) >= 11 is 0. The molecular formula is C9H12FN3. The van der Waals surface area contributed by atoms with Crippen LogP contribution < -0.4 is 5.32 Å². The van der Waals surface area contributed by atoms with Gasteiger partial charge in [0, 0.05) is 6.04 Å². The summed E-state index contributed by atoms with van der Waals surface area (Å²) in [6, 6.07) is 0.394. The lowest BCUT2D eigenvalue weighted by atomic mass is 10.2. The Morgan fingerprint density at radius 2 is 2.08 bits per heavy atom. The van der Waals surface area contributed by atoms with Crippen molar-refractivity contribution in [1.29, 1.82) is 0 Å². The number of nitrogens with one attached hydrogen (secondary N) is 1. The van der Waals surface area contributed by atoms with Gasteiger partial charge < -0.3 is 5.32 Å². The zero-order chi connectivity index (χ0) is 9.26. The van der Waals surface area contributed by atoms with Gasteiger partial charge in [-0.15, -0.1) is 0 Å². The molecule has 3 nitrogen and oxygen atoms in total. The van der Waals surface area contributed by atoms with Crippen LogP contribution in [0.3, 0.4) is 0 Å². The van der Waals surface area contributed by atoms with E-state index >= 15 is 0 Å². The van der Waals surface area contributed by atoms with Crippen molar-refractivity contribution in [3.05, 3.63) is 18.2 Å². The second kappa shape index (κ2) is 3.28. The molecule has 0 aromatic carbocycles. The molecule has 1 atom stereocenters. The minimum absolute atomic E-state index is 0.394. The van der Waals surface area contributed by atoms with E-state index in [9.17, 15) is 4.39 Å². The molecule has 2 rings (SSSR count). The first-order valence-electron chi connectivity index (χ1n) is 4.50. The highest BCUT2D eigenvalue weighted by molar-refractivity contribution is 5.25. The Labute approximate surface area is 76.4 Å². The summed E-state index contributed by atoms with van der Waals surface area (Å²) in [5, 5.41) is 3.14. The first kappa shape index (κ1) is 8.41. The Hall–Kier alpha value is -1.19. The van der Waals surface area contributed by atoms with Crippen molar-refractivity contribution >= 4 is 5.95 Å². The van der Waals surface area contributed by atoms with E-state index in [1.54, 1.807) is 0 Å². The van der Waals surface area contributed by atoms with Gasteiger partial charge >= 0.3 is 0 Å². The third-order valence-corrected chi connectivity index (χ3v) is 2.31. The van der Waals surface area contributed by atoms with E-state index in [2.05, 4.69) is 22.2 Å². The van der Waals surface area contributed by atoms with Crippen LogP contribution in [-0.4, -0.2) is 16.0 Å². The topological polar surface area (TPSA) is 37.8 Å². The Balaban J connectivity index is 1.96. The van der Waals surface area contributed by atoms with Crippen LogP contribution in [0.1, 0.15) is 19.8 Å². The number of hydrogen-bond acceptors (Lipinski definition) is 3. The lowest BCUT2D eigenvalue weighted by Gasteiger charge is -2.11. The highest BCUT2D eigenvalue weighted by Crippen LogP contribution is 2.33. The quantitative estimate of drug-likeness (QED) is 0.773. The molecule has 1 heterocycles. The fourth-order valence-corrected chi connectivity index (χ4v) is 1.30. The van der Waals surface area contributed by atoms with E-state index in [1.165, 1.54) is 25.2 Å². The summed E-state index contributed by atoms with van der Waals surface area (Å²) in [5.41, 5.74) is 0. The van der Waals surface area contributed by atoms with Gasteiger partial charge in [0.15, 0.2) is 5.82 Å². The molecule has 0 saturated heterocycles. The molecule has 1 fully saturated rings. The van der Waals surface area contributed by atoms with Crippen LogP contribution in [0, 0.1) is 11.7 Å². The average Bonchev–Trinajstić information content (AvgIpc) is 2.91. The molecule has 0 bridgehead atoms. The molecular weight excluding hydrogens is 169 g/mol. The van der Waals surface area contributed by atoms with Gasteiger partial charge in [0.2, 0.25) is 5.95 Å². The van der Waals surface area contributed by atoms with Crippen LogP contribution in [0.25, 0.3) is 0 Å².